The zero-order valence-corrected chi connectivity index (χ0v) is 30.9. The van der Waals surface area contributed by atoms with Crippen molar-refractivity contribution >= 4 is 53.4 Å². The maximum atomic E-state index is 6.75. The first-order chi connectivity index (χ1) is 27.7. The lowest BCUT2D eigenvalue weighted by Crippen LogP contribution is -1.96. The van der Waals surface area contributed by atoms with Gasteiger partial charge in [-0.25, -0.2) is 9.97 Å². The Hall–Kier alpha value is -7.21. The SMILES string of the molecule is c1ccc(-c2nc(-c3ccc(-c4ccc(-c5cccc6sc7ccccc7c56)c5c4oc4ccccc45)cc3)cc(-c3cccc(-c4cccnc4)c3)n2)cc1. The van der Waals surface area contributed by atoms with Crippen molar-refractivity contribution in [1.29, 1.82) is 0 Å². The Balaban J connectivity index is 1.04. The summed E-state index contributed by atoms with van der Waals surface area (Å²) in [6.45, 7) is 0. The highest BCUT2D eigenvalue weighted by Crippen LogP contribution is 2.46. The Kier molecular flexibility index (Phi) is 7.64. The molecule has 0 radical (unpaired) electrons. The topological polar surface area (TPSA) is 51.8 Å². The molecule has 5 heteroatoms. The molecule has 0 fully saturated rings. The van der Waals surface area contributed by atoms with Crippen molar-refractivity contribution in [2.24, 2.45) is 0 Å². The highest BCUT2D eigenvalue weighted by molar-refractivity contribution is 7.25. The van der Waals surface area contributed by atoms with Crippen LogP contribution in [0.25, 0.3) is 109 Å². The lowest BCUT2D eigenvalue weighted by Gasteiger charge is -2.12. The van der Waals surface area contributed by atoms with Gasteiger partial charge in [-0.1, -0.05) is 133 Å². The van der Waals surface area contributed by atoms with Crippen LogP contribution in [0.1, 0.15) is 0 Å². The molecule has 0 aliphatic carbocycles. The molecule has 0 saturated carbocycles. The molecule has 4 nitrogen and oxygen atoms in total. The van der Waals surface area contributed by atoms with Gasteiger partial charge in [-0.3, -0.25) is 4.98 Å². The zero-order valence-electron chi connectivity index (χ0n) is 30.1. The Morgan fingerprint density at radius 3 is 1.93 bits per heavy atom. The standard InChI is InChI=1S/C51H31N3OS/c1-2-11-34(12-3-1)51-53-43(30-44(54-51)36-14-8-13-35(29-36)37-15-10-28-52-31-37)33-24-22-32(23-25-33)38-26-27-40(49-41-16-4-6-19-45(41)55-50(38)49)39-18-9-21-47-48(39)42-17-5-7-20-46(42)56-47/h1-31H. The number of nitrogens with zero attached hydrogens (tertiary/aromatic N) is 3. The molecule has 0 spiro atoms. The minimum atomic E-state index is 0.682. The maximum absolute atomic E-state index is 6.75. The van der Waals surface area contributed by atoms with Crippen LogP contribution in [0, 0.1) is 0 Å². The number of thiophene rings is 1. The third-order valence-corrected chi connectivity index (χ3v) is 11.8. The Morgan fingerprint density at radius 1 is 0.411 bits per heavy atom. The van der Waals surface area contributed by atoms with E-state index in [1.54, 1.807) is 6.20 Å². The summed E-state index contributed by atoms with van der Waals surface area (Å²) in [5, 5.41) is 4.82. The van der Waals surface area contributed by atoms with Crippen LogP contribution in [0.5, 0.6) is 0 Å². The third-order valence-electron chi connectivity index (χ3n) is 10.6. The second-order valence-electron chi connectivity index (χ2n) is 14.0. The summed E-state index contributed by atoms with van der Waals surface area (Å²) in [7, 11) is 0. The predicted octanol–water partition coefficient (Wildman–Crippen LogP) is 14.1. The van der Waals surface area contributed by atoms with Gasteiger partial charge in [0.05, 0.1) is 11.4 Å². The average Bonchev–Trinajstić information content (AvgIpc) is 3.86. The summed E-state index contributed by atoms with van der Waals surface area (Å²) < 4.78 is 9.33. The van der Waals surface area contributed by atoms with Crippen LogP contribution in [0.2, 0.25) is 0 Å². The zero-order chi connectivity index (χ0) is 37.0. The molecular formula is C51H31N3OS. The molecule has 7 aromatic carbocycles. The normalized spacial score (nSPS) is 11.6. The molecule has 0 atom stereocenters. The monoisotopic (exact) mass is 733 g/mol. The molecule has 4 heterocycles. The summed E-state index contributed by atoms with van der Waals surface area (Å²) in [5.41, 5.74) is 13.1. The van der Waals surface area contributed by atoms with Crippen molar-refractivity contribution in [3.05, 3.63) is 188 Å². The van der Waals surface area contributed by atoms with Crippen LogP contribution in [0.15, 0.2) is 193 Å². The number of pyridine rings is 1. The summed E-state index contributed by atoms with van der Waals surface area (Å²) in [6, 6.07) is 61.6. The van der Waals surface area contributed by atoms with Crippen molar-refractivity contribution in [2.75, 3.05) is 0 Å². The lowest BCUT2D eigenvalue weighted by atomic mass is 9.92. The van der Waals surface area contributed by atoms with Crippen LogP contribution in [0.3, 0.4) is 0 Å². The van der Waals surface area contributed by atoms with Crippen molar-refractivity contribution in [1.82, 2.24) is 15.0 Å². The molecule has 262 valence electrons. The fourth-order valence-corrected chi connectivity index (χ4v) is 9.08. The van der Waals surface area contributed by atoms with E-state index in [9.17, 15) is 0 Å². The molecule has 0 saturated heterocycles. The summed E-state index contributed by atoms with van der Waals surface area (Å²) in [4.78, 5) is 14.5. The van der Waals surface area contributed by atoms with Crippen molar-refractivity contribution in [2.45, 2.75) is 0 Å². The number of hydrogen-bond acceptors (Lipinski definition) is 5. The van der Waals surface area contributed by atoms with Gasteiger partial charge in [0.1, 0.15) is 11.2 Å². The van der Waals surface area contributed by atoms with Crippen molar-refractivity contribution in [3.63, 3.8) is 0 Å². The van der Waals surface area contributed by atoms with Crippen LogP contribution >= 0.6 is 11.3 Å². The highest BCUT2D eigenvalue weighted by atomic mass is 32.1. The second kappa shape index (κ2) is 13.3. The predicted molar refractivity (Wildman–Crippen MR) is 233 cm³/mol. The van der Waals surface area contributed by atoms with Crippen LogP contribution in [-0.4, -0.2) is 15.0 Å². The van der Waals surface area contributed by atoms with Crippen LogP contribution in [0.4, 0.5) is 0 Å². The average molecular weight is 734 g/mol. The molecule has 0 N–H and O–H groups in total. The van der Waals surface area contributed by atoms with Crippen molar-refractivity contribution in [3.8, 4) is 67.3 Å². The van der Waals surface area contributed by atoms with Gasteiger partial charge in [0.2, 0.25) is 0 Å². The second-order valence-corrected chi connectivity index (χ2v) is 15.1. The van der Waals surface area contributed by atoms with E-state index >= 15 is 0 Å². The smallest absolute Gasteiger partial charge is 0.160 e. The van der Waals surface area contributed by atoms with E-state index in [1.165, 1.54) is 31.3 Å². The number of furan rings is 1. The van der Waals surface area contributed by atoms with E-state index in [0.29, 0.717) is 5.82 Å². The molecule has 0 amide bonds. The highest BCUT2D eigenvalue weighted by Gasteiger charge is 2.20. The molecule has 11 aromatic rings. The quantitative estimate of drug-likeness (QED) is 0.171. The van der Waals surface area contributed by atoms with Gasteiger partial charge >= 0.3 is 0 Å². The van der Waals surface area contributed by atoms with Gasteiger partial charge in [0.15, 0.2) is 5.82 Å². The molecule has 56 heavy (non-hydrogen) atoms. The van der Waals surface area contributed by atoms with Gasteiger partial charge in [-0.15, -0.1) is 11.3 Å². The number of para-hydroxylation sites is 1. The first kappa shape index (κ1) is 32.2. The Morgan fingerprint density at radius 2 is 1.07 bits per heavy atom. The van der Waals surface area contributed by atoms with Crippen molar-refractivity contribution < 1.29 is 4.42 Å². The Labute approximate surface area is 327 Å². The summed E-state index contributed by atoms with van der Waals surface area (Å²) in [5.74, 6) is 0.682. The van der Waals surface area contributed by atoms with E-state index in [1.807, 2.05) is 47.9 Å². The van der Waals surface area contributed by atoms with E-state index in [0.717, 1.165) is 72.3 Å². The lowest BCUT2D eigenvalue weighted by molar-refractivity contribution is 0.670. The van der Waals surface area contributed by atoms with Gasteiger partial charge < -0.3 is 4.42 Å². The number of aromatic nitrogens is 3. The molecule has 0 aliphatic rings. The Bertz CT molecular complexity index is 3240. The van der Waals surface area contributed by atoms with E-state index in [-0.39, 0.29) is 0 Å². The number of rotatable bonds is 6. The molecular weight excluding hydrogens is 703 g/mol. The van der Waals surface area contributed by atoms with Gasteiger partial charge in [-0.05, 0) is 64.7 Å². The minimum absolute atomic E-state index is 0.682. The van der Waals surface area contributed by atoms with Gasteiger partial charge in [0, 0.05) is 71.2 Å². The number of hydrogen-bond donors (Lipinski definition) is 0. The molecule has 0 aliphatic heterocycles. The molecule has 0 unspecified atom stereocenters. The van der Waals surface area contributed by atoms with Gasteiger partial charge in [0.25, 0.3) is 0 Å². The maximum Gasteiger partial charge on any atom is 0.160 e. The number of fused-ring (bicyclic) bond motifs is 6. The molecule has 11 rings (SSSR count). The van der Waals surface area contributed by atoms with Crippen LogP contribution in [-0.2, 0) is 0 Å². The minimum Gasteiger partial charge on any atom is -0.455 e. The first-order valence-electron chi connectivity index (χ1n) is 18.7. The molecule has 0 bridgehead atoms. The number of benzene rings is 7. The van der Waals surface area contributed by atoms with Gasteiger partial charge in [-0.2, -0.15) is 0 Å². The van der Waals surface area contributed by atoms with E-state index in [2.05, 4.69) is 151 Å². The van der Waals surface area contributed by atoms with Crippen LogP contribution < -0.4 is 0 Å². The largest absolute Gasteiger partial charge is 0.455 e. The molecule has 4 aromatic heterocycles. The van der Waals surface area contributed by atoms with E-state index in [4.69, 9.17) is 14.4 Å². The fraction of sp³-hybridized carbons (Fsp3) is 0. The van der Waals surface area contributed by atoms with E-state index < -0.39 is 0 Å². The third kappa shape index (κ3) is 5.48. The first-order valence-corrected chi connectivity index (χ1v) is 19.5. The summed E-state index contributed by atoms with van der Waals surface area (Å²) in [6.07, 6.45) is 3.68. The fourth-order valence-electron chi connectivity index (χ4n) is 7.95. The summed E-state index contributed by atoms with van der Waals surface area (Å²) >= 11 is 1.84.